The average molecular weight is 322 g/mol. The topological polar surface area (TPSA) is 16.1 Å². The maximum absolute atomic E-state index is 6.17. The third kappa shape index (κ3) is 3.09. The molecule has 0 aliphatic carbocycles. The zero-order valence-corrected chi connectivity index (χ0v) is 12.7. The van der Waals surface area contributed by atoms with E-state index in [4.69, 9.17) is 34.8 Å². The minimum Gasteiger partial charge on any atom is -0.350 e. The number of thiophene rings is 1. The summed E-state index contributed by atoms with van der Waals surface area (Å²) in [6.45, 7) is 3.61. The molecule has 2 nitrogen and oxygen atoms in total. The van der Waals surface area contributed by atoms with Gasteiger partial charge in [-0.05, 0) is 24.4 Å². The van der Waals surface area contributed by atoms with Crippen molar-refractivity contribution in [1.29, 1.82) is 0 Å². The van der Waals surface area contributed by atoms with E-state index in [1.54, 1.807) is 17.4 Å². The SMILES string of the molecule is CCN(Cc1cccs1)c1nc(Cl)c(Cl)cc1Cl. The number of halogens is 3. The molecule has 0 atom stereocenters. The van der Waals surface area contributed by atoms with E-state index in [2.05, 4.69) is 16.0 Å². The second-order valence-electron chi connectivity index (χ2n) is 3.66. The monoisotopic (exact) mass is 320 g/mol. The molecule has 0 N–H and O–H groups in total. The van der Waals surface area contributed by atoms with Crippen molar-refractivity contribution in [2.75, 3.05) is 11.4 Å². The van der Waals surface area contributed by atoms with Crippen molar-refractivity contribution in [3.8, 4) is 0 Å². The van der Waals surface area contributed by atoms with Gasteiger partial charge in [0.05, 0.1) is 16.6 Å². The Bertz CT molecular complexity index is 528. The number of rotatable bonds is 4. The molecule has 18 heavy (non-hydrogen) atoms. The molecule has 0 fully saturated rings. The fraction of sp³-hybridized carbons (Fsp3) is 0.250. The molecule has 2 heterocycles. The summed E-state index contributed by atoms with van der Waals surface area (Å²) in [6, 6.07) is 5.74. The summed E-state index contributed by atoms with van der Waals surface area (Å²) in [6.07, 6.45) is 0. The predicted molar refractivity (Wildman–Crippen MR) is 80.3 cm³/mol. The molecule has 0 saturated carbocycles. The van der Waals surface area contributed by atoms with Gasteiger partial charge >= 0.3 is 0 Å². The molecule has 0 aliphatic heterocycles. The fourth-order valence-corrected chi connectivity index (χ4v) is 2.92. The highest BCUT2D eigenvalue weighted by Gasteiger charge is 2.14. The van der Waals surface area contributed by atoms with E-state index in [0.29, 0.717) is 15.9 Å². The second-order valence-corrected chi connectivity index (χ2v) is 5.86. The van der Waals surface area contributed by atoms with E-state index < -0.39 is 0 Å². The van der Waals surface area contributed by atoms with Gasteiger partial charge in [0.1, 0.15) is 11.0 Å². The van der Waals surface area contributed by atoms with Crippen LogP contribution in [-0.4, -0.2) is 11.5 Å². The Balaban J connectivity index is 2.30. The molecule has 0 saturated heterocycles. The Morgan fingerprint density at radius 3 is 2.67 bits per heavy atom. The van der Waals surface area contributed by atoms with Crippen LogP contribution >= 0.6 is 46.1 Å². The molecule has 96 valence electrons. The van der Waals surface area contributed by atoms with Gasteiger partial charge in [0.15, 0.2) is 0 Å². The van der Waals surface area contributed by atoms with Gasteiger partial charge in [0, 0.05) is 11.4 Å². The van der Waals surface area contributed by atoms with Gasteiger partial charge in [-0.1, -0.05) is 40.9 Å². The Labute approximate surface area is 125 Å². The Hall–Kier alpha value is -0.480. The highest BCUT2D eigenvalue weighted by molar-refractivity contribution is 7.09. The third-order valence-electron chi connectivity index (χ3n) is 2.48. The summed E-state index contributed by atoms with van der Waals surface area (Å²) >= 11 is 19.7. The molecule has 0 radical (unpaired) electrons. The van der Waals surface area contributed by atoms with Crippen molar-refractivity contribution < 1.29 is 0 Å². The molecule has 0 spiro atoms. The van der Waals surface area contributed by atoms with Gasteiger partial charge < -0.3 is 4.90 Å². The first kappa shape index (κ1) is 13.9. The summed E-state index contributed by atoms with van der Waals surface area (Å²) in [5.41, 5.74) is 0. The van der Waals surface area contributed by atoms with Crippen molar-refractivity contribution in [2.24, 2.45) is 0 Å². The molecule has 0 amide bonds. The van der Waals surface area contributed by atoms with Gasteiger partial charge in [-0.25, -0.2) is 4.98 Å². The molecule has 2 aromatic heterocycles. The number of nitrogens with zero attached hydrogens (tertiary/aromatic N) is 2. The van der Waals surface area contributed by atoms with Gasteiger partial charge in [0.2, 0.25) is 0 Å². The zero-order valence-electron chi connectivity index (χ0n) is 9.66. The van der Waals surface area contributed by atoms with Crippen molar-refractivity contribution in [2.45, 2.75) is 13.5 Å². The van der Waals surface area contributed by atoms with Crippen LogP contribution in [0.15, 0.2) is 23.6 Å². The lowest BCUT2D eigenvalue weighted by Crippen LogP contribution is -2.23. The number of anilines is 1. The molecule has 0 unspecified atom stereocenters. The number of hydrogen-bond donors (Lipinski definition) is 0. The highest BCUT2D eigenvalue weighted by atomic mass is 35.5. The standard InChI is InChI=1S/C12H11Cl3N2S/c1-2-17(7-8-4-3-5-18-8)12-10(14)6-9(13)11(15)16-12/h3-6H,2,7H2,1H3. The quantitative estimate of drug-likeness (QED) is 0.726. The summed E-state index contributed by atoms with van der Waals surface area (Å²) in [5, 5.41) is 3.22. The molecule has 6 heteroatoms. The van der Waals surface area contributed by atoms with Crippen molar-refractivity contribution in [3.05, 3.63) is 43.7 Å². The van der Waals surface area contributed by atoms with Crippen LogP contribution < -0.4 is 4.90 Å². The molecule has 2 rings (SSSR count). The first-order valence-corrected chi connectivity index (χ1v) is 7.42. The Morgan fingerprint density at radius 2 is 2.06 bits per heavy atom. The van der Waals surface area contributed by atoms with Crippen LogP contribution in [-0.2, 0) is 6.54 Å². The van der Waals surface area contributed by atoms with Gasteiger partial charge in [-0.3, -0.25) is 0 Å². The van der Waals surface area contributed by atoms with E-state index in [1.807, 2.05) is 18.4 Å². The lowest BCUT2D eigenvalue weighted by molar-refractivity contribution is 0.824. The predicted octanol–water partition coefficient (Wildman–Crippen LogP) is 5.13. The first-order chi connectivity index (χ1) is 8.61. The first-order valence-electron chi connectivity index (χ1n) is 5.40. The summed E-state index contributed by atoms with van der Waals surface area (Å²) in [7, 11) is 0. The zero-order chi connectivity index (χ0) is 13.1. The van der Waals surface area contributed by atoms with E-state index in [0.717, 1.165) is 13.1 Å². The van der Waals surface area contributed by atoms with Crippen LogP contribution in [0.4, 0.5) is 5.82 Å². The van der Waals surface area contributed by atoms with Gasteiger partial charge in [-0.15, -0.1) is 11.3 Å². The average Bonchev–Trinajstić information content (AvgIpc) is 2.84. The van der Waals surface area contributed by atoms with Crippen molar-refractivity contribution in [1.82, 2.24) is 4.98 Å². The summed E-state index contributed by atoms with van der Waals surface area (Å²) in [5.74, 6) is 0.668. The lowest BCUT2D eigenvalue weighted by Gasteiger charge is -2.22. The maximum Gasteiger partial charge on any atom is 0.150 e. The fourth-order valence-electron chi connectivity index (χ4n) is 1.58. The minimum atomic E-state index is 0.278. The highest BCUT2D eigenvalue weighted by Crippen LogP contribution is 2.32. The van der Waals surface area contributed by atoms with E-state index in [9.17, 15) is 0 Å². The largest absolute Gasteiger partial charge is 0.350 e. The van der Waals surface area contributed by atoms with Crippen LogP contribution in [0.25, 0.3) is 0 Å². The third-order valence-corrected chi connectivity index (χ3v) is 4.29. The van der Waals surface area contributed by atoms with Crippen LogP contribution in [0.5, 0.6) is 0 Å². The smallest absolute Gasteiger partial charge is 0.150 e. The molecule has 0 aromatic carbocycles. The van der Waals surface area contributed by atoms with Crippen LogP contribution in [0, 0.1) is 0 Å². The van der Waals surface area contributed by atoms with E-state index in [1.165, 1.54) is 4.88 Å². The van der Waals surface area contributed by atoms with Crippen molar-refractivity contribution in [3.63, 3.8) is 0 Å². The Kier molecular flexibility index (Phi) is 4.73. The van der Waals surface area contributed by atoms with Gasteiger partial charge in [-0.2, -0.15) is 0 Å². The van der Waals surface area contributed by atoms with E-state index >= 15 is 0 Å². The van der Waals surface area contributed by atoms with Crippen LogP contribution in [0.1, 0.15) is 11.8 Å². The second kappa shape index (κ2) is 6.11. The maximum atomic E-state index is 6.17. The van der Waals surface area contributed by atoms with Crippen molar-refractivity contribution >= 4 is 52.0 Å². The number of aromatic nitrogens is 1. The van der Waals surface area contributed by atoms with Crippen LogP contribution in [0.3, 0.4) is 0 Å². The molecular weight excluding hydrogens is 311 g/mol. The van der Waals surface area contributed by atoms with Crippen LogP contribution in [0.2, 0.25) is 15.2 Å². The molecule has 0 bridgehead atoms. The summed E-state index contributed by atoms with van der Waals surface area (Å²) in [4.78, 5) is 7.57. The Morgan fingerprint density at radius 1 is 1.28 bits per heavy atom. The normalized spacial score (nSPS) is 10.7. The summed E-state index contributed by atoms with van der Waals surface area (Å²) < 4.78 is 0. The molecular formula is C12H11Cl3N2S. The number of pyridine rings is 1. The molecule has 2 aromatic rings. The van der Waals surface area contributed by atoms with E-state index in [-0.39, 0.29) is 5.15 Å². The number of hydrogen-bond acceptors (Lipinski definition) is 3. The van der Waals surface area contributed by atoms with Gasteiger partial charge in [0.25, 0.3) is 0 Å². The minimum absolute atomic E-state index is 0.278. The molecule has 0 aliphatic rings. The lowest BCUT2D eigenvalue weighted by atomic mass is 10.3.